The molecule has 0 radical (unpaired) electrons. The molecule has 2 fully saturated rings. The predicted molar refractivity (Wildman–Crippen MR) is 113 cm³/mol. The minimum Gasteiger partial charge on any atom is -0.497 e. The number of piperidine rings is 1. The highest BCUT2D eigenvalue weighted by molar-refractivity contribution is 6.00. The summed E-state index contributed by atoms with van der Waals surface area (Å²) in [6.07, 6.45) is 1.90. The Morgan fingerprint density at radius 3 is 2.37 bits per heavy atom. The van der Waals surface area contributed by atoms with Crippen LogP contribution in [0, 0.1) is 11.7 Å². The Bertz CT molecular complexity index is 893. The van der Waals surface area contributed by atoms with Crippen LogP contribution in [-0.2, 0) is 9.59 Å². The molecule has 2 saturated heterocycles. The minimum absolute atomic E-state index is 0.0219. The van der Waals surface area contributed by atoms with Crippen LogP contribution in [0.25, 0.3) is 0 Å². The number of nitrogens with one attached hydrogen (secondary N) is 1. The normalized spacial score (nSPS) is 19.8. The molecule has 6 nitrogen and oxygen atoms in total. The van der Waals surface area contributed by atoms with Gasteiger partial charge in [-0.05, 0) is 61.4 Å². The van der Waals surface area contributed by atoms with E-state index in [1.807, 2.05) is 29.2 Å². The van der Waals surface area contributed by atoms with Gasteiger partial charge < -0.3 is 19.9 Å². The Kier molecular flexibility index (Phi) is 5.88. The first kappa shape index (κ1) is 20.2. The second-order valence-electron chi connectivity index (χ2n) is 7.85. The van der Waals surface area contributed by atoms with Crippen molar-refractivity contribution in [1.82, 2.24) is 4.90 Å². The molecule has 1 unspecified atom stereocenters. The van der Waals surface area contributed by atoms with E-state index in [9.17, 15) is 14.0 Å². The lowest BCUT2D eigenvalue weighted by Gasteiger charge is -2.34. The van der Waals surface area contributed by atoms with E-state index in [4.69, 9.17) is 4.74 Å². The first-order chi connectivity index (χ1) is 14.5. The molecular weight excluding hydrogens is 385 g/mol. The second kappa shape index (κ2) is 8.73. The third-order valence-corrected chi connectivity index (χ3v) is 5.88. The number of hydrogen-bond donors (Lipinski definition) is 1. The van der Waals surface area contributed by atoms with Crippen molar-refractivity contribution >= 4 is 23.2 Å². The first-order valence-corrected chi connectivity index (χ1v) is 10.3. The van der Waals surface area contributed by atoms with E-state index in [1.54, 1.807) is 24.1 Å². The number of methoxy groups -OCH3 is 1. The zero-order valence-corrected chi connectivity index (χ0v) is 17.0. The van der Waals surface area contributed by atoms with E-state index in [0.717, 1.165) is 30.0 Å². The van der Waals surface area contributed by atoms with E-state index >= 15 is 0 Å². The number of amides is 2. The number of carbonyl (C=O) groups excluding carboxylic acids is 2. The molecule has 2 aliphatic rings. The summed E-state index contributed by atoms with van der Waals surface area (Å²) in [5.74, 6) is 0.207. The van der Waals surface area contributed by atoms with Crippen molar-refractivity contribution in [2.75, 3.05) is 37.0 Å². The SMILES string of the molecule is COc1ccc(N2CC(C(=O)N3CCC(Nc4ccc(F)cc4)CC3)CC2=O)cc1. The van der Waals surface area contributed by atoms with Gasteiger partial charge in [0, 0.05) is 43.5 Å². The van der Waals surface area contributed by atoms with E-state index in [2.05, 4.69) is 5.32 Å². The Morgan fingerprint density at radius 1 is 1.07 bits per heavy atom. The number of nitrogens with zero attached hydrogens (tertiary/aromatic N) is 2. The van der Waals surface area contributed by atoms with Gasteiger partial charge in [0.05, 0.1) is 13.0 Å². The molecule has 1 N–H and O–H groups in total. The largest absolute Gasteiger partial charge is 0.497 e. The van der Waals surface area contributed by atoms with Gasteiger partial charge in [0.25, 0.3) is 0 Å². The van der Waals surface area contributed by atoms with Gasteiger partial charge in [-0.25, -0.2) is 4.39 Å². The van der Waals surface area contributed by atoms with Gasteiger partial charge in [0.2, 0.25) is 11.8 Å². The minimum atomic E-state index is -0.304. The van der Waals surface area contributed by atoms with Crippen molar-refractivity contribution in [3.8, 4) is 5.75 Å². The monoisotopic (exact) mass is 411 g/mol. The Hall–Kier alpha value is -3.09. The zero-order chi connectivity index (χ0) is 21.1. The standard InChI is InChI=1S/C23H26FN3O3/c1-30-21-8-6-20(7-9-21)27-15-16(14-22(27)28)23(29)26-12-10-19(11-13-26)25-18-4-2-17(24)3-5-18/h2-9,16,19,25H,10-15H2,1H3. The van der Waals surface area contributed by atoms with Crippen LogP contribution >= 0.6 is 0 Å². The smallest absolute Gasteiger partial charge is 0.228 e. The summed E-state index contributed by atoms with van der Waals surface area (Å²) in [6.45, 7) is 1.73. The van der Waals surface area contributed by atoms with Crippen LogP contribution in [0.3, 0.4) is 0 Å². The molecule has 0 aliphatic carbocycles. The maximum Gasteiger partial charge on any atom is 0.228 e. The van der Waals surface area contributed by atoms with Gasteiger partial charge >= 0.3 is 0 Å². The summed E-state index contributed by atoms with van der Waals surface area (Å²) in [7, 11) is 1.60. The van der Waals surface area contributed by atoms with Crippen molar-refractivity contribution in [1.29, 1.82) is 0 Å². The molecule has 4 rings (SSSR count). The van der Waals surface area contributed by atoms with Crippen molar-refractivity contribution in [3.63, 3.8) is 0 Å². The first-order valence-electron chi connectivity index (χ1n) is 10.3. The van der Waals surface area contributed by atoms with Crippen LogP contribution in [0.15, 0.2) is 48.5 Å². The molecule has 2 aliphatic heterocycles. The third-order valence-electron chi connectivity index (χ3n) is 5.88. The molecule has 0 aromatic heterocycles. The number of rotatable bonds is 5. The van der Waals surface area contributed by atoms with Gasteiger partial charge in [-0.1, -0.05) is 0 Å². The fraction of sp³-hybridized carbons (Fsp3) is 0.391. The number of ether oxygens (including phenoxy) is 1. The highest BCUT2D eigenvalue weighted by Crippen LogP contribution is 2.29. The molecule has 1 atom stereocenters. The number of likely N-dealkylation sites (tertiary alicyclic amines) is 1. The highest BCUT2D eigenvalue weighted by atomic mass is 19.1. The van der Waals surface area contributed by atoms with Crippen molar-refractivity contribution < 1.29 is 18.7 Å². The van der Waals surface area contributed by atoms with E-state index in [0.29, 0.717) is 19.6 Å². The zero-order valence-electron chi connectivity index (χ0n) is 17.0. The second-order valence-corrected chi connectivity index (χ2v) is 7.85. The van der Waals surface area contributed by atoms with Gasteiger partial charge in [0.15, 0.2) is 0 Å². The molecule has 30 heavy (non-hydrogen) atoms. The van der Waals surface area contributed by atoms with Crippen molar-refractivity contribution in [2.24, 2.45) is 5.92 Å². The maximum absolute atomic E-state index is 13.0. The topological polar surface area (TPSA) is 61.9 Å². The summed E-state index contributed by atoms with van der Waals surface area (Å²) in [4.78, 5) is 29.0. The molecule has 0 spiro atoms. The fourth-order valence-electron chi connectivity index (χ4n) is 4.17. The number of carbonyl (C=O) groups is 2. The molecular formula is C23H26FN3O3. The fourth-order valence-corrected chi connectivity index (χ4v) is 4.17. The molecule has 7 heteroatoms. The molecule has 2 amide bonds. The van der Waals surface area contributed by atoms with Gasteiger partial charge in [-0.15, -0.1) is 0 Å². The lowest BCUT2D eigenvalue weighted by Crippen LogP contribution is -2.45. The Balaban J connectivity index is 1.30. The maximum atomic E-state index is 13.0. The number of halogens is 1. The quantitative estimate of drug-likeness (QED) is 0.820. The van der Waals surface area contributed by atoms with Crippen LogP contribution in [0.2, 0.25) is 0 Å². The third kappa shape index (κ3) is 4.40. The summed E-state index contributed by atoms with van der Waals surface area (Å²) in [5, 5.41) is 3.40. The van der Waals surface area contributed by atoms with Crippen molar-refractivity contribution in [3.05, 3.63) is 54.3 Å². The van der Waals surface area contributed by atoms with Crippen LogP contribution in [0.5, 0.6) is 5.75 Å². The summed E-state index contributed by atoms with van der Waals surface area (Å²) >= 11 is 0. The average Bonchev–Trinajstić information content (AvgIpc) is 3.17. The van der Waals surface area contributed by atoms with Crippen LogP contribution in [-0.4, -0.2) is 49.5 Å². The molecule has 2 heterocycles. The van der Waals surface area contributed by atoms with E-state index < -0.39 is 0 Å². The number of hydrogen-bond acceptors (Lipinski definition) is 4. The lowest BCUT2D eigenvalue weighted by atomic mass is 10.0. The average molecular weight is 411 g/mol. The van der Waals surface area contributed by atoms with Gasteiger partial charge in [-0.2, -0.15) is 0 Å². The summed E-state index contributed by atoms with van der Waals surface area (Å²) in [5.41, 5.74) is 1.68. The van der Waals surface area contributed by atoms with Gasteiger partial charge in [-0.3, -0.25) is 9.59 Å². The Labute approximate surface area is 175 Å². The highest BCUT2D eigenvalue weighted by Gasteiger charge is 2.38. The number of benzene rings is 2. The van der Waals surface area contributed by atoms with Crippen molar-refractivity contribution in [2.45, 2.75) is 25.3 Å². The molecule has 2 aromatic rings. The van der Waals surface area contributed by atoms with E-state index in [-0.39, 0.29) is 36.0 Å². The molecule has 0 saturated carbocycles. The predicted octanol–water partition coefficient (Wildman–Crippen LogP) is 3.29. The van der Waals surface area contributed by atoms with E-state index in [1.165, 1.54) is 12.1 Å². The molecule has 0 bridgehead atoms. The van der Waals surface area contributed by atoms with Crippen LogP contribution < -0.4 is 15.0 Å². The lowest BCUT2D eigenvalue weighted by molar-refractivity contribution is -0.136. The summed E-state index contributed by atoms with van der Waals surface area (Å²) < 4.78 is 18.2. The summed E-state index contributed by atoms with van der Waals surface area (Å²) in [6, 6.07) is 13.9. The number of anilines is 2. The van der Waals surface area contributed by atoms with Crippen LogP contribution in [0.4, 0.5) is 15.8 Å². The molecule has 2 aromatic carbocycles. The van der Waals surface area contributed by atoms with Crippen LogP contribution in [0.1, 0.15) is 19.3 Å². The van der Waals surface area contributed by atoms with Gasteiger partial charge in [0.1, 0.15) is 11.6 Å². The Morgan fingerprint density at radius 2 is 1.73 bits per heavy atom. The molecule has 158 valence electrons.